The van der Waals surface area contributed by atoms with E-state index in [0.717, 1.165) is 26.2 Å². The molecule has 184 valence electrons. The zero-order chi connectivity index (χ0) is 24.4. The lowest BCUT2D eigenvalue weighted by molar-refractivity contribution is 0.00528. The molecule has 9 heteroatoms. The number of aliphatic hydroxyl groups is 1. The number of carbonyl (C=O) groups is 1. The smallest absolute Gasteiger partial charge is 0.271 e. The number of imidazole rings is 1. The molecular weight excluding hydrogens is 449 g/mol. The minimum Gasteiger partial charge on any atom is -0.487 e. The van der Waals surface area contributed by atoms with Crippen molar-refractivity contribution >= 4 is 11.6 Å². The summed E-state index contributed by atoms with van der Waals surface area (Å²) in [5.41, 5.74) is 1.50. The van der Waals surface area contributed by atoms with Gasteiger partial charge in [0.25, 0.3) is 5.91 Å². The van der Waals surface area contributed by atoms with Gasteiger partial charge < -0.3 is 24.6 Å². The Morgan fingerprint density at radius 3 is 2.57 bits per heavy atom. The number of anilines is 1. The third-order valence-corrected chi connectivity index (χ3v) is 6.82. The molecule has 0 radical (unpaired) electrons. The molecule has 2 heterocycles. The number of rotatable bonds is 6. The molecule has 1 amide bonds. The average molecular weight is 480 g/mol. The van der Waals surface area contributed by atoms with Crippen LogP contribution in [0.25, 0.3) is 0 Å². The molecule has 1 aliphatic heterocycles. The molecule has 0 unspecified atom stereocenters. The van der Waals surface area contributed by atoms with E-state index in [1.54, 1.807) is 36.3 Å². The van der Waals surface area contributed by atoms with Gasteiger partial charge in [-0.15, -0.1) is 0 Å². The van der Waals surface area contributed by atoms with Gasteiger partial charge >= 0.3 is 0 Å². The number of halogens is 1. The monoisotopic (exact) mass is 479 g/mol. The number of hydrogen-bond acceptors (Lipinski definition) is 6. The molecule has 35 heavy (non-hydrogen) atoms. The summed E-state index contributed by atoms with van der Waals surface area (Å²) in [6.45, 7) is 3.09. The van der Waals surface area contributed by atoms with Gasteiger partial charge in [-0.25, -0.2) is 9.37 Å². The number of nitrogens with one attached hydrogen (secondary N) is 1. The van der Waals surface area contributed by atoms with Crippen LogP contribution in [0.4, 0.5) is 10.1 Å². The zero-order valence-electron chi connectivity index (χ0n) is 19.6. The highest BCUT2D eigenvalue weighted by atomic mass is 19.1. The highest BCUT2D eigenvalue weighted by molar-refractivity contribution is 5.92. The van der Waals surface area contributed by atoms with Crippen molar-refractivity contribution in [3.8, 4) is 5.75 Å². The van der Waals surface area contributed by atoms with Crippen LogP contribution in [0.2, 0.25) is 0 Å². The number of piperazine rings is 1. The van der Waals surface area contributed by atoms with Crippen molar-refractivity contribution < 1.29 is 19.0 Å². The van der Waals surface area contributed by atoms with Crippen molar-refractivity contribution in [3.63, 3.8) is 0 Å². The first-order valence-corrected chi connectivity index (χ1v) is 11.9. The van der Waals surface area contributed by atoms with Gasteiger partial charge in [-0.3, -0.25) is 9.69 Å². The summed E-state index contributed by atoms with van der Waals surface area (Å²) < 4.78 is 21.4. The van der Waals surface area contributed by atoms with Crippen LogP contribution in [0.5, 0.6) is 5.75 Å². The van der Waals surface area contributed by atoms with E-state index in [1.165, 1.54) is 17.8 Å². The zero-order valence-corrected chi connectivity index (χ0v) is 19.6. The molecule has 8 nitrogen and oxygen atoms in total. The summed E-state index contributed by atoms with van der Waals surface area (Å²) in [6, 6.07) is 15.5. The Hall–Kier alpha value is -3.43. The topological polar surface area (TPSA) is 82.9 Å². The fourth-order valence-electron chi connectivity index (χ4n) is 5.12. The predicted molar refractivity (Wildman–Crippen MR) is 130 cm³/mol. The largest absolute Gasteiger partial charge is 0.487 e. The van der Waals surface area contributed by atoms with Gasteiger partial charge in [-0.1, -0.05) is 24.3 Å². The molecule has 0 spiro atoms. The van der Waals surface area contributed by atoms with Gasteiger partial charge in [0.1, 0.15) is 29.5 Å². The van der Waals surface area contributed by atoms with Gasteiger partial charge in [0, 0.05) is 57.6 Å². The molecule has 2 aromatic carbocycles. The number of aromatic nitrogens is 2. The fraction of sp³-hybridized carbons (Fsp3) is 0.385. The third-order valence-electron chi connectivity index (χ3n) is 6.82. The maximum Gasteiger partial charge on any atom is 0.271 e. The number of aliphatic hydroxyl groups excluding tert-OH is 1. The van der Waals surface area contributed by atoms with Crippen molar-refractivity contribution in [1.82, 2.24) is 19.8 Å². The van der Waals surface area contributed by atoms with E-state index >= 15 is 0 Å². The molecule has 1 aromatic heterocycles. The molecule has 1 saturated heterocycles. The van der Waals surface area contributed by atoms with E-state index in [4.69, 9.17) is 4.74 Å². The van der Waals surface area contributed by atoms with Crippen LogP contribution < -0.4 is 15.0 Å². The maximum atomic E-state index is 13.7. The van der Waals surface area contributed by atoms with E-state index in [0.29, 0.717) is 17.9 Å². The summed E-state index contributed by atoms with van der Waals surface area (Å²) in [4.78, 5) is 21.6. The summed E-state index contributed by atoms with van der Waals surface area (Å²) in [5.74, 6) is -0.330. The van der Waals surface area contributed by atoms with Gasteiger partial charge in [0.2, 0.25) is 0 Å². The molecular formula is C26H30FN5O3. The van der Waals surface area contributed by atoms with E-state index in [9.17, 15) is 14.3 Å². The highest BCUT2D eigenvalue weighted by Crippen LogP contribution is 2.31. The molecule has 4 atom stereocenters. The Labute approximate surface area is 203 Å². The maximum absolute atomic E-state index is 13.7. The normalized spacial score (nSPS) is 24.9. The van der Waals surface area contributed by atoms with Crippen LogP contribution in [0.15, 0.2) is 67.1 Å². The number of carbonyl (C=O) groups excluding carboxylic acids is 1. The summed E-state index contributed by atoms with van der Waals surface area (Å²) in [5, 5.41) is 14.4. The minimum absolute atomic E-state index is 0.290. The van der Waals surface area contributed by atoms with Crippen LogP contribution in [0, 0.1) is 5.82 Å². The number of aryl methyl sites for hydroxylation is 1. The lowest BCUT2D eigenvalue weighted by Gasteiger charge is -2.42. The lowest BCUT2D eigenvalue weighted by Crippen LogP contribution is -2.59. The molecule has 3 aromatic rings. The molecule has 5 rings (SSSR count). The van der Waals surface area contributed by atoms with Crippen LogP contribution in [0.3, 0.4) is 0 Å². The van der Waals surface area contributed by atoms with E-state index in [1.807, 2.05) is 18.2 Å². The van der Waals surface area contributed by atoms with Gasteiger partial charge in [0.15, 0.2) is 0 Å². The number of ether oxygens (including phenoxy) is 1. The predicted octanol–water partition coefficient (Wildman–Crippen LogP) is 2.06. The first-order chi connectivity index (χ1) is 17.0. The Bertz CT molecular complexity index is 1150. The quantitative estimate of drug-likeness (QED) is 0.563. The molecule has 1 saturated carbocycles. The van der Waals surface area contributed by atoms with Crippen molar-refractivity contribution in [2.24, 2.45) is 7.05 Å². The molecule has 0 bridgehead atoms. The summed E-state index contributed by atoms with van der Waals surface area (Å²) >= 11 is 0. The van der Waals surface area contributed by atoms with E-state index in [-0.39, 0.29) is 18.0 Å². The first-order valence-electron chi connectivity index (χ1n) is 11.9. The standard InChI is InChI=1S/C26H30FN5O3/c1-30-16-22(28-17-30)26(34)29-21-15-23(35-20-9-5-6-18(27)14-20)25(33)24(21)32-12-10-31(11-13-32)19-7-3-2-4-8-19/h2-9,14,16-17,21,23-25,33H,10-13,15H2,1H3,(H,29,34)/t21-,23-,24+,25+/m1/s1. The number of benzene rings is 2. The van der Waals surface area contributed by atoms with Crippen molar-refractivity contribution in [2.75, 3.05) is 31.1 Å². The van der Waals surface area contributed by atoms with Crippen LogP contribution in [-0.2, 0) is 7.05 Å². The SMILES string of the molecule is Cn1cnc(C(=O)N[C@@H]2C[C@@H](Oc3cccc(F)c3)[C@H](O)[C@H]2N2CCN(c3ccccc3)CC2)c1. The van der Waals surface area contributed by atoms with Crippen molar-refractivity contribution in [1.29, 1.82) is 0 Å². The number of nitrogens with zero attached hydrogens (tertiary/aromatic N) is 4. The Balaban J connectivity index is 1.32. The van der Waals surface area contributed by atoms with E-state index in [2.05, 4.69) is 32.2 Å². The third kappa shape index (κ3) is 5.16. The second-order valence-electron chi connectivity index (χ2n) is 9.19. The minimum atomic E-state index is -0.851. The molecule has 2 fully saturated rings. The first kappa shape index (κ1) is 23.3. The fourth-order valence-corrected chi connectivity index (χ4v) is 5.12. The summed E-state index contributed by atoms with van der Waals surface area (Å²) in [7, 11) is 1.81. The Kier molecular flexibility index (Phi) is 6.70. The number of hydrogen-bond donors (Lipinski definition) is 2. The highest BCUT2D eigenvalue weighted by Gasteiger charge is 2.48. The molecule has 1 aliphatic carbocycles. The molecule has 2 N–H and O–H groups in total. The van der Waals surface area contributed by atoms with Gasteiger partial charge in [-0.2, -0.15) is 0 Å². The number of para-hydroxylation sites is 1. The lowest BCUT2D eigenvalue weighted by atomic mass is 10.1. The second-order valence-corrected chi connectivity index (χ2v) is 9.19. The van der Waals surface area contributed by atoms with Crippen LogP contribution in [-0.4, -0.2) is 75.9 Å². The second kappa shape index (κ2) is 10.1. The average Bonchev–Trinajstić information content (AvgIpc) is 3.43. The van der Waals surface area contributed by atoms with Crippen LogP contribution in [0.1, 0.15) is 16.9 Å². The Morgan fingerprint density at radius 2 is 1.89 bits per heavy atom. The van der Waals surface area contributed by atoms with Gasteiger partial charge in [0.05, 0.1) is 18.4 Å². The Morgan fingerprint density at radius 1 is 1.11 bits per heavy atom. The van der Waals surface area contributed by atoms with Crippen molar-refractivity contribution in [2.45, 2.75) is 30.7 Å². The summed E-state index contributed by atoms with van der Waals surface area (Å²) in [6.07, 6.45) is 2.21. The van der Waals surface area contributed by atoms with Crippen LogP contribution >= 0.6 is 0 Å². The van der Waals surface area contributed by atoms with Crippen molar-refractivity contribution in [3.05, 3.63) is 78.6 Å². The number of amides is 1. The van der Waals surface area contributed by atoms with Gasteiger partial charge in [-0.05, 0) is 24.3 Å². The molecule has 2 aliphatic rings. The van der Waals surface area contributed by atoms with E-state index < -0.39 is 18.0 Å².